The van der Waals surface area contributed by atoms with Crippen molar-refractivity contribution in [1.29, 1.82) is 0 Å². The van der Waals surface area contributed by atoms with Gasteiger partial charge in [0, 0.05) is 30.4 Å². The summed E-state index contributed by atoms with van der Waals surface area (Å²) in [5, 5.41) is 8.72. The molecule has 0 saturated carbocycles. The molecule has 0 saturated heterocycles. The van der Waals surface area contributed by atoms with Gasteiger partial charge in [0.15, 0.2) is 0 Å². The first-order valence-electron chi connectivity index (χ1n) is 8.64. The fraction of sp³-hybridized carbons (Fsp3) is 0.350. The first-order chi connectivity index (χ1) is 12.1. The zero-order valence-electron chi connectivity index (χ0n) is 14.8. The van der Waals surface area contributed by atoms with E-state index in [-0.39, 0.29) is 0 Å². The molecule has 1 unspecified atom stereocenters. The molecule has 2 aromatic rings. The molecule has 132 valence electrons. The molecule has 5 heteroatoms. The Morgan fingerprint density at radius 3 is 2.60 bits per heavy atom. The molecule has 1 aliphatic rings. The fourth-order valence-electron chi connectivity index (χ4n) is 3.56. The van der Waals surface area contributed by atoms with E-state index in [1.165, 1.54) is 11.3 Å². The van der Waals surface area contributed by atoms with E-state index in [1.54, 1.807) is 17.6 Å². The number of carbonyl (C=O) groups is 1. The lowest BCUT2D eigenvalue weighted by Gasteiger charge is -2.28. The summed E-state index contributed by atoms with van der Waals surface area (Å²) >= 11 is 0. The highest BCUT2D eigenvalue weighted by molar-refractivity contribution is 5.93. The largest absolute Gasteiger partial charge is 0.367 e. The summed E-state index contributed by atoms with van der Waals surface area (Å²) in [4.78, 5) is 16.2. The number of anilines is 1. The topological polar surface area (TPSA) is 55.8 Å². The Bertz CT molecular complexity index is 728. The van der Waals surface area contributed by atoms with Crippen molar-refractivity contribution >= 4 is 11.6 Å². The van der Waals surface area contributed by atoms with Gasteiger partial charge in [-0.15, -0.1) is 0 Å². The van der Waals surface area contributed by atoms with Gasteiger partial charge in [0.25, 0.3) is 5.91 Å². The molecule has 1 amide bonds. The highest BCUT2D eigenvalue weighted by Gasteiger charge is 2.24. The van der Waals surface area contributed by atoms with Gasteiger partial charge >= 0.3 is 0 Å². The Kier molecular flexibility index (Phi) is 5.36. The van der Waals surface area contributed by atoms with Crippen molar-refractivity contribution in [1.82, 2.24) is 10.4 Å². The molecule has 5 nitrogen and oxygen atoms in total. The normalized spacial score (nSPS) is 17.1. The van der Waals surface area contributed by atoms with Crippen LogP contribution in [0.4, 0.5) is 5.69 Å². The number of hydrogen-bond acceptors (Lipinski definition) is 4. The van der Waals surface area contributed by atoms with Crippen LogP contribution in [0.5, 0.6) is 0 Å². The lowest BCUT2D eigenvalue weighted by Crippen LogP contribution is -2.24. The number of carbonyl (C=O) groups excluding carboxylic acids is 1. The van der Waals surface area contributed by atoms with Gasteiger partial charge in [0.2, 0.25) is 0 Å². The highest BCUT2D eigenvalue weighted by Crippen LogP contribution is 2.36. The second-order valence-electron chi connectivity index (χ2n) is 6.74. The summed E-state index contributed by atoms with van der Waals surface area (Å²) in [5.74, 6) is -0.486. The van der Waals surface area contributed by atoms with E-state index in [0.717, 1.165) is 31.5 Å². The fourth-order valence-corrected chi connectivity index (χ4v) is 3.56. The molecule has 0 aromatic heterocycles. The lowest BCUT2D eigenvalue weighted by molar-refractivity contribution is 0.0706. The maximum Gasteiger partial charge on any atom is 0.274 e. The second kappa shape index (κ2) is 7.68. The van der Waals surface area contributed by atoms with Crippen LogP contribution >= 0.6 is 0 Å². The number of hydroxylamine groups is 1. The Balaban J connectivity index is 1.84. The second-order valence-corrected chi connectivity index (χ2v) is 6.74. The Labute approximate surface area is 148 Å². The highest BCUT2D eigenvalue weighted by atomic mass is 16.5. The Morgan fingerprint density at radius 2 is 1.92 bits per heavy atom. The van der Waals surface area contributed by atoms with Gasteiger partial charge in [-0.05, 0) is 56.3 Å². The standard InChI is InChI=1S/C20H25N3O2/c1-22(2)18-8-5-13-23(19-7-4-3-6-17(18)19)14-15-9-11-16(12-10-15)20(24)21-25/h3-4,6-7,9-12,18,25H,5,8,13-14H2,1-2H3,(H,21,24). The number of benzene rings is 2. The minimum absolute atomic E-state index is 0.442. The average molecular weight is 339 g/mol. The molecule has 1 atom stereocenters. The molecule has 0 radical (unpaired) electrons. The summed E-state index contributed by atoms with van der Waals surface area (Å²) in [6.07, 6.45) is 2.29. The molecule has 2 aromatic carbocycles. The predicted molar refractivity (Wildman–Crippen MR) is 98.8 cm³/mol. The van der Waals surface area contributed by atoms with E-state index in [2.05, 4.69) is 48.2 Å². The van der Waals surface area contributed by atoms with Crippen molar-refractivity contribution in [3.63, 3.8) is 0 Å². The first kappa shape index (κ1) is 17.5. The van der Waals surface area contributed by atoms with Crippen LogP contribution in [0.3, 0.4) is 0 Å². The quantitative estimate of drug-likeness (QED) is 0.663. The molecule has 0 aliphatic carbocycles. The minimum atomic E-state index is -0.486. The van der Waals surface area contributed by atoms with Crippen molar-refractivity contribution < 1.29 is 10.0 Å². The molecule has 1 heterocycles. The molecule has 3 rings (SSSR count). The smallest absolute Gasteiger partial charge is 0.274 e. The van der Waals surface area contributed by atoms with Crippen LogP contribution in [0.1, 0.15) is 40.4 Å². The van der Waals surface area contributed by atoms with Gasteiger partial charge in [0.05, 0.1) is 0 Å². The number of nitrogens with one attached hydrogen (secondary N) is 1. The lowest BCUT2D eigenvalue weighted by atomic mass is 10.0. The first-order valence-corrected chi connectivity index (χ1v) is 8.64. The van der Waals surface area contributed by atoms with Crippen molar-refractivity contribution in [2.75, 3.05) is 25.5 Å². The molecule has 0 bridgehead atoms. The molecule has 0 fully saturated rings. The van der Waals surface area contributed by atoms with E-state index in [4.69, 9.17) is 5.21 Å². The van der Waals surface area contributed by atoms with Crippen LogP contribution in [0.15, 0.2) is 48.5 Å². The number of hydrogen-bond donors (Lipinski definition) is 2. The van der Waals surface area contributed by atoms with Crippen LogP contribution in [0, 0.1) is 0 Å². The molecule has 25 heavy (non-hydrogen) atoms. The van der Waals surface area contributed by atoms with Crippen LogP contribution < -0.4 is 10.4 Å². The predicted octanol–water partition coefficient (Wildman–Crippen LogP) is 3.21. The van der Waals surface area contributed by atoms with E-state index >= 15 is 0 Å². The SMILES string of the molecule is CN(C)C1CCCN(Cc2ccc(C(=O)NO)cc2)c2ccccc21. The zero-order chi connectivity index (χ0) is 17.8. The summed E-state index contributed by atoms with van der Waals surface area (Å²) in [6, 6.07) is 16.5. The third kappa shape index (κ3) is 3.83. The van der Waals surface area contributed by atoms with Gasteiger partial charge in [-0.1, -0.05) is 30.3 Å². The van der Waals surface area contributed by atoms with E-state index in [9.17, 15) is 4.79 Å². The Morgan fingerprint density at radius 1 is 1.20 bits per heavy atom. The van der Waals surface area contributed by atoms with Gasteiger partial charge in [-0.3, -0.25) is 10.0 Å². The zero-order valence-corrected chi connectivity index (χ0v) is 14.8. The van der Waals surface area contributed by atoms with Crippen molar-refractivity contribution in [3.8, 4) is 0 Å². The number of fused-ring (bicyclic) bond motifs is 1. The van der Waals surface area contributed by atoms with Crippen molar-refractivity contribution in [3.05, 3.63) is 65.2 Å². The molecule has 2 N–H and O–H groups in total. The number of rotatable bonds is 4. The third-order valence-electron chi connectivity index (χ3n) is 4.86. The van der Waals surface area contributed by atoms with Gasteiger partial charge in [0.1, 0.15) is 0 Å². The molecule has 0 spiro atoms. The molecular formula is C20H25N3O2. The Hall–Kier alpha value is -2.37. The molecular weight excluding hydrogens is 314 g/mol. The number of nitrogens with zero attached hydrogens (tertiary/aromatic N) is 2. The minimum Gasteiger partial charge on any atom is -0.367 e. The van der Waals surface area contributed by atoms with Crippen LogP contribution in [-0.4, -0.2) is 36.7 Å². The number of para-hydroxylation sites is 1. The number of amides is 1. The van der Waals surface area contributed by atoms with Gasteiger partial charge in [-0.2, -0.15) is 0 Å². The van der Waals surface area contributed by atoms with Crippen LogP contribution in [0.2, 0.25) is 0 Å². The van der Waals surface area contributed by atoms with E-state index < -0.39 is 5.91 Å². The summed E-state index contributed by atoms with van der Waals surface area (Å²) in [5.41, 5.74) is 5.93. The maximum absolute atomic E-state index is 11.4. The van der Waals surface area contributed by atoms with Gasteiger partial charge in [-0.25, -0.2) is 5.48 Å². The van der Waals surface area contributed by atoms with Crippen LogP contribution in [-0.2, 0) is 6.54 Å². The maximum atomic E-state index is 11.4. The van der Waals surface area contributed by atoms with Crippen molar-refractivity contribution in [2.24, 2.45) is 0 Å². The van der Waals surface area contributed by atoms with E-state index in [0.29, 0.717) is 11.6 Å². The third-order valence-corrected chi connectivity index (χ3v) is 4.86. The van der Waals surface area contributed by atoms with E-state index in [1.807, 2.05) is 12.1 Å². The summed E-state index contributed by atoms with van der Waals surface area (Å²) in [6.45, 7) is 1.82. The van der Waals surface area contributed by atoms with Crippen LogP contribution in [0.25, 0.3) is 0 Å². The summed E-state index contributed by atoms with van der Waals surface area (Å²) in [7, 11) is 4.28. The molecule has 1 aliphatic heterocycles. The van der Waals surface area contributed by atoms with Crippen molar-refractivity contribution in [2.45, 2.75) is 25.4 Å². The average Bonchev–Trinajstić information content (AvgIpc) is 2.82. The summed E-state index contributed by atoms with van der Waals surface area (Å²) < 4.78 is 0. The monoisotopic (exact) mass is 339 g/mol. The van der Waals surface area contributed by atoms with Gasteiger partial charge < -0.3 is 9.80 Å².